The van der Waals surface area contributed by atoms with E-state index in [1.807, 2.05) is 0 Å². The van der Waals surface area contributed by atoms with E-state index in [1.54, 1.807) is 0 Å². The fourth-order valence-corrected chi connectivity index (χ4v) is 12.1. The molecule has 0 heterocycles. The van der Waals surface area contributed by atoms with E-state index in [0.717, 1.165) is 0 Å². The highest BCUT2D eigenvalue weighted by molar-refractivity contribution is 7.77. The molecule has 0 aromatic heterocycles. The van der Waals surface area contributed by atoms with E-state index in [0.29, 0.717) is 0 Å². The Morgan fingerprint density at radius 2 is 0.750 bits per heavy atom. The molecule has 0 aliphatic carbocycles. The van der Waals surface area contributed by atoms with Crippen LogP contribution >= 0.6 is 7.26 Å². The number of unbranched alkanes of at least 4 members (excludes halogenated alkanes) is 3. The highest BCUT2D eigenvalue weighted by Gasteiger charge is 2.59. The zero-order valence-corrected chi connectivity index (χ0v) is 21.4. The molecule has 0 fully saturated rings. The Morgan fingerprint density at radius 1 is 0.469 bits per heavy atom. The zero-order valence-electron chi connectivity index (χ0n) is 20.5. The summed E-state index contributed by atoms with van der Waals surface area (Å²) in [4.78, 5) is 0. The summed E-state index contributed by atoms with van der Waals surface area (Å²) in [5.74, 6) is 0. The third kappa shape index (κ3) is 5.02. The van der Waals surface area contributed by atoms with E-state index in [2.05, 4.69) is 112 Å². The standard InChI is InChI=1S/C31H42P/c1-4-7-25-32(26-8-5-2,27-9-6-3)31(28-19-13-10-14-20-28,29-21-15-11-16-22-29)30-23-17-12-18-24-30/h10-24H,4-9,25-27H2,1-3H3/q+1. The Morgan fingerprint density at radius 3 is 1.00 bits per heavy atom. The van der Waals surface area contributed by atoms with Crippen LogP contribution in [0.5, 0.6) is 0 Å². The lowest BCUT2D eigenvalue weighted by molar-refractivity contribution is 0.775. The first-order chi connectivity index (χ1) is 15.7. The Labute approximate surface area is 197 Å². The van der Waals surface area contributed by atoms with Crippen LogP contribution in [-0.2, 0) is 5.16 Å². The van der Waals surface area contributed by atoms with E-state index in [4.69, 9.17) is 0 Å². The van der Waals surface area contributed by atoms with Crippen molar-refractivity contribution < 1.29 is 0 Å². The highest BCUT2D eigenvalue weighted by atomic mass is 31.2. The average molecular weight is 446 g/mol. The molecule has 0 saturated carbocycles. The molecule has 0 bridgehead atoms. The van der Waals surface area contributed by atoms with Crippen molar-refractivity contribution in [1.82, 2.24) is 0 Å². The van der Waals surface area contributed by atoms with Crippen molar-refractivity contribution >= 4 is 7.26 Å². The number of benzene rings is 3. The van der Waals surface area contributed by atoms with Crippen LogP contribution in [0.4, 0.5) is 0 Å². The van der Waals surface area contributed by atoms with Gasteiger partial charge < -0.3 is 0 Å². The highest BCUT2D eigenvalue weighted by Crippen LogP contribution is 2.78. The van der Waals surface area contributed by atoms with Crippen LogP contribution in [-0.4, -0.2) is 18.5 Å². The molecule has 0 amide bonds. The SMILES string of the molecule is CCCC[P+](CCCC)(CCCC)C(c1ccccc1)(c1ccccc1)c1ccccc1. The lowest BCUT2D eigenvalue weighted by Crippen LogP contribution is -2.37. The minimum atomic E-state index is -1.45. The van der Waals surface area contributed by atoms with Gasteiger partial charge in [-0.2, -0.15) is 0 Å². The van der Waals surface area contributed by atoms with E-state index >= 15 is 0 Å². The van der Waals surface area contributed by atoms with Crippen molar-refractivity contribution in [2.45, 2.75) is 64.5 Å². The van der Waals surface area contributed by atoms with Crippen molar-refractivity contribution in [2.75, 3.05) is 18.5 Å². The zero-order chi connectivity index (χ0) is 22.7. The maximum Gasteiger partial charge on any atom is 0.154 e. The van der Waals surface area contributed by atoms with Crippen molar-refractivity contribution in [2.24, 2.45) is 0 Å². The van der Waals surface area contributed by atoms with Crippen molar-refractivity contribution in [3.63, 3.8) is 0 Å². The summed E-state index contributed by atoms with van der Waals surface area (Å²) in [5, 5.41) is -0.0453. The topological polar surface area (TPSA) is 0 Å². The first-order valence-electron chi connectivity index (χ1n) is 12.8. The molecule has 3 rings (SSSR count). The summed E-state index contributed by atoms with van der Waals surface area (Å²) in [5.41, 5.74) is 4.48. The smallest absolute Gasteiger partial charge is 0.0652 e. The van der Waals surface area contributed by atoms with Crippen LogP contribution in [0.2, 0.25) is 0 Å². The van der Waals surface area contributed by atoms with Gasteiger partial charge in [0.05, 0.1) is 18.5 Å². The van der Waals surface area contributed by atoms with E-state index < -0.39 is 7.26 Å². The molecule has 0 atom stereocenters. The second-order valence-corrected chi connectivity index (χ2v) is 13.5. The van der Waals surface area contributed by atoms with Gasteiger partial charge in [-0.15, -0.1) is 0 Å². The van der Waals surface area contributed by atoms with Crippen molar-refractivity contribution in [1.29, 1.82) is 0 Å². The van der Waals surface area contributed by atoms with E-state index in [1.165, 1.54) is 73.7 Å². The molecule has 3 aromatic rings. The largest absolute Gasteiger partial charge is 0.154 e. The summed E-state index contributed by atoms with van der Waals surface area (Å²) in [7, 11) is -1.45. The number of rotatable bonds is 13. The molecule has 32 heavy (non-hydrogen) atoms. The van der Waals surface area contributed by atoms with Gasteiger partial charge in [-0.05, 0) is 19.3 Å². The van der Waals surface area contributed by atoms with Gasteiger partial charge in [0.15, 0.2) is 5.16 Å². The fraction of sp³-hybridized carbons (Fsp3) is 0.419. The Balaban J connectivity index is 2.43. The van der Waals surface area contributed by atoms with Crippen molar-refractivity contribution in [3.8, 4) is 0 Å². The summed E-state index contributed by atoms with van der Waals surface area (Å²) >= 11 is 0. The molecule has 0 saturated heterocycles. The minimum absolute atomic E-state index is 0.0453. The molecule has 1 heteroatoms. The van der Waals surface area contributed by atoms with Gasteiger partial charge in [-0.1, -0.05) is 131 Å². The monoisotopic (exact) mass is 445 g/mol. The van der Waals surface area contributed by atoms with Crippen LogP contribution in [0.1, 0.15) is 76.0 Å². The quantitative estimate of drug-likeness (QED) is 0.181. The maximum atomic E-state index is 2.42. The fourth-order valence-electron chi connectivity index (χ4n) is 5.58. The van der Waals surface area contributed by atoms with E-state index in [9.17, 15) is 0 Å². The summed E-state index contributed by atoms with van der Waals surface area (Å²) in [6, 6.07) is 34.5. The molecular formula is C31H42P+. The second kappa shape index (κ2) is 12.4. The first kappa shape index (κ1) is 24.7. The molecule has 170 valence electrons. The molecule has 0 radical (unpaired) electrons. The lowest BCUT2D eigenvalue weighted by atomic mass is 9.84. The Kier molecular flexibility index (Phi) is 9.55. The molecule has 0 aliphatic rings. The van der Waals surface area contributed by atoms with Gasteiger partial charge in [0.1, 0.15) is 0 Å². The summed E-state index contributed by atoms with van der Waals surface area (Å²) < 4.78 is 0. The third-order valence-electron chi connectivity index (χ3n) is 7.11. The van der Waals surface area contributed by atoms with Crippen LogP contribution in [0.25, 0.3) is 0 Å². The molecular weight excluding hydrogens is 403 g/mol. The van der Waals surface area contributed by atoms with Gasteiger partial charge in [-0.3, -0.25) is 0 Å². The number of hydrogen-bond donors (Lipinski definition) is 0. The van der Waals surface area contributed by atoms with Gasteiger partial charge in [-0.25, -0.2) is 0 Å². The lowest BCUT2D eigenvalue weighted by Gasteiger charge is -2.47. The van der Waals surface area contributed by atoms with Crippen LogP contribution in [0.3, 0.4) is 0 Å². The number of hydrogen-bond acceptors (Lipinski definition) is 0. The third-order valence-corrected chi connectivity index (χ3v) is 12.8. The summed E-state index contributed by atoms with van der Waals surface area (Å²) in [6.45, 7) is 7.09. The Bertz CT molecular complexity index is 767. The van der Waals surface area contributed by atoms with Gasteiger partial charge in [0, 0.05) is 24.0 Å². The predicted octanol–water partition coefficient (Wildman–Crippen LogP) is 9.40. The summed E-state index contributed by atoms with van der Waals surface area (Å²) in [6.07, 6.45) is 11.9. The molecule has 3 aromatic carbocycles. The van der Waals surface area contributed by atoms with Crippen molar-refractivity contribution in [3.05, 3.63) is 108 Å². The normalized spacial score (nSPS) is 12.1. The van der Waals surface area contributed by atoms with Crippen LogP contribution < -0.4 is 0 Å². The molecule has 0 spiro atoms. The maximum absolute atomic E-state index is 2.42. The Hall–Kier alpha value is -1.91. The predicted molar refractivity (Wildman–Crippen MR) is 145 cm³/mol. The van der Waals surface area contributed by atoms with Crippen LogP contribution in [0, 0.1) is 0 Å². The molecule has 0 N–H and O–H groups in total. The average Bonchev–Trinajstić information content (AvgIpc) is 2.87. The first-order valence-corrected chi connectivity index (χ1v) is 15.1. The van der Waals surface area contributed by atoms with Crippen LogP contribution in [0.15, 0.2) is 91.0 Å². The van der Waals surface area contributed by atoms with Gasteiger partial charge in [0.2, 0.25) is 0 Å². The van der Waals surface area contributed by atoms with Gasteiger partial charge >= 0.3 is 0 Å². The second-order valence-electron chi connectivity index (χ2n) is 9.19. The molecule has 0 nitrogen and oxygen atoms in total. The molecule has 0 unspecified atom stereocenters. The van der Waals surface area contributed by atoms with E-state index in [-0.39, 0.29) is 5.16 Å². The van der Waals surface area contributed by atoms with Gasteiger partial charge in [0.25, 0.3) is 0 Å². The molecule has 0 aliphatic heterocycles. The minimum Gasteiger partial charge on any atom is -0.0652 e.